The predicted molar refractivity (Wildman–Crippen MR) is 105 cm³/mol. The standard InChI is InChI=1S/C21H29FN2O4/c1-3-4-5-6-7-8-12-18(21(27)28)24-20(26)19(23-15(2)25)14-16-10-9-11-17(22)13-16/h3,9-11,13,18-19H,1,4-8,12,14H2,2H3,(H,23,25)(H,24,26)(H,27,28)/t18-,19+/m1/s1. The van der Waals surface area contributed by atoms with Gasteiger partial charge in [0.05, 0.1) is 0 Å². The maximum absolute atomic E-state index is 13.4. The number of rotatable bonds is 13. The molecule has 0 fully saturated rings. The number of allylic oxidation sites excluding steroid dienone is 1. The first-order valence-electron chi connectivity index (χ1n) is 9.49. The normalized spacial score (nSPS) is 12.6. The average Bonchev–Trinajstić information content (AvgIpc) is 2.62. The quantitative estimate of drug-likeness (QED) is 0.355. The van der Waals surface area contributed by atoms with Crippen LogP contribution in [0.1, 0.15) is 51.0 Å². The molecule has 0 saturated heterocycles. The zero-order chi connectivity index (χ0) is 20.9. The average molecular weight is 392 g/mol. The minimum Gasteiger partial charge on any atom is -0.480 e. The molecule has 28 heavy (non-hydrogen) atoms. The minimum atomic E-state index is -1.12. The van der Waals surface area contributed by atoms with Crippen molar-refractivity contribution in [3.63, 3.8) is 0 Å². The Kier molecular flexibility index (Phi) is 10.5. The molecular weight excluding hydrogens is 363 g/mol. The largest absolute Gasteiger partial charge is 0.480 e. The second-order valence-corrected chi connectivity index (χ2v) is 6.77. The highest BCUT2D eigenvalue weighted by Crippen LogP contribution is 2.10. The summed E-state index contributed by atoms with van der Waals surface area (Å²) in [6, 6.07) is 3.71. The number of carboxylic acid groups (broad SMARTS) is 1. The molecule has 0 heterocycles. The van der Waals surface area contributed by atoms with Gasteiger partial charge in [0.2, 0.25) is 11.8 Å². The molecular formula is C21H29FN2O4. The molecule has 0 saturated carbocycles. The lowest BCUT2D eigenvalue weighted by molar-refractivity contribution is -0.142. The van der Waals surface area contributed by atoms with E-state index in [1.807, 2.05) is 6.08 Å². The molecule has 0 bridgehead atoms. The van der Waals surface area contributed by atoms with E-state index in [0.717, 1.165) is 25.7 Å². The predicted octanol–water partition coefficient (Wildman–Crippen LogP) is 2.97. The number of benzene rings is 1. The number of hydrogen-bond acceptors (Lipinski definition) is 3. The van der Waals surface area contributed by atoms with E-state index in [1.165, 1.54) is 25.1 Å². The first-order chi connectivity index (χ1) is 13.3. The van der Waals surface area contributed by atoms with Crippen molar-refractivity contribution in [3.8, 4) is 0 Å². The van der Waals surface area contributed by atoms with E-state index in [9.17, 15) is 23.9 Å². The fourth-order valence-corrected chi connectivity index (χ4v) is 2.87. The number of carbonyl (C=O) groups excluding carboxylic acids is 2. The fourth-order valence-electron chi connectivity index (χ4n) is 2.87. The molecule has 0 aromatic heterocycles. The summed E-state index contributed by atoms with van der Waals surface area (Å²) < 4.78 is 13.4. The van der Waals surface area contributed by atoms with Crippen LogP contribution in [-0.2, 0) is 20.8 Å². The summed E-state index contributed by atoms with van der Waals surface area (Å²) in [6.45, 7) is 4.93. The molecule has 0 unspecified atom stereocenters. The third kappa shape index (κ3) is 9.30. The summed E-state index contributed by atoms with van der Waals surface area (Å²) in [5.74, 6) is -2.59. The molecule has 7 heteroatoms. The monoisotopic (exact) mass is 392 g/mol. The van der Waals surface area contributed by atoms with Crippen LogP contribution in [0.5, 0.6) is 0 Å². The van der Waals surface area contributed by atoms with Gasteiger partial charge >= 0.3 is 5.97 Å². The maximum atomic E-state index is 13.4. The van der Waals surface area contributed by atoms with Crippen LogP contribution in [0.2, 0.25) is 0 Å². The van der Waals surface area contributed by atoms with Crippen molar-refractivity contribution in [2.45, 2.75) is 64.0 Å². The first-order valence-corrected chi connectivity index (χ1v) is 9.49. The number of carboxylic acids is 1. The summed E-state index contributed by atoms with van der Waals surface area (Å²) in [6.07, 6.45) is 6.67. The van der Waals surface area contributed by atoms with Crippen molar-refractivity contribution in [3.05, 3.63) is 48.3 Å². The Balaban J connectivity index is 2.67. The molecule has 3 N–H and O–H groups in total. The molecule has 0 radical (unpaired) electrons. The number of amides is 2. The minimum absolute atomic E-state index is 0.0665. The van der Waals surface area contributed by atoms with Gasteiger partial charge in [-0.1, -0.05) is 37.5 Å². The number of halogens is 1. The SMILES string of the molecule is C=CCCCCCC[C@@H](NC(=O)[C@H](Cc1cccc(F)c1)NC(C)=O)C(=O)O. The van der Waals surface area contributed by atoms with E-state index >= 15 is 0 Å². The number of unbranched alkanes of at least 4 members (excludes halogenated alkanes) is 4. The van der Waals surface area contributed by atoms with Crippen molar-refractivity contribution < 1.29 is 23.9 Å². The van der Waals surface area contributed by atoms with E-state index in [-0.39, 0.29) is 6.42 Å². The molecule has 1 aromatic carbocycles. The van der Waals surface area contributed by atoms with Gasteiger partial charge in [0.25, 0.3) is 0 Å². The van der Waals surface area contributed by atoms with Crippen molar-refractivity contribution in [2.75, 3.05) is 0 Å². The van der Waals surface area contributed by atoms with Gasteiger partial charge in [0.15, 0.2) is 0 Å². The van der Waals surface area contributed by atoms with Gasteiger partial charge in [-0.3, -0.25) is 9.59 Å². The first kappa shape index (κ1) is 23.3. The Hall–Kier alpha value is -2.70. The van der Waals surface area contributed by atoms with E-state index < -0.39 is 35.7 Å². The molecule has 0 aliphatic carbocycles. The maximum Gasteiger partial charge on any atom is 0.326 e. The second-order valence-electron chi connectivity index (χ2n) is 6.77. The Morgan fingerprint density at radius 2 is 1.86 bits per heavy atom. The van der Waals surface area contributed by atoms with Crippen LogP contribution >= 0.6 is 0 Å². The number of nitrogens with one attached hydrogen (secondary N) is 2. The molecule has 0 aliphatic heterocycles. The van der Waals surface area contributed by atoms with Gasteiger partial charge < -0.3 is 15.7 Å². The van der Waals surface area contributed by atoms with Crippen molar-refractivity contribution >= 4 is 17.8 Å². The summed E-state index contributed by atoms with van der Waals surface area (Å²) in [4.78, 5) is 35.5. The summed E-state index contributed by atoms with van der Waals surface area (Å²) in [7, 11) is 0. The Labute approximate surface area is 165 Å². The van der Waals surface area contributed by atoms with Crippen LogP contribution in [0.15, 0.2) is 36.9 Å². The van der Waals surface area contributed by atoms with Gasteiger partial charge in [0, 0.05) is 13.3 Å². The van der Waals surface area contributed by atoms with Crippen LogP contribution in [0, 0.1) is 5.82 Å². The van der Waals surface area contributed by atoms with Gasteiger partial charge in [-0.25, -0.2) is 9.18 Å². The fraction of sp³-hybridized carbons (Fsp3) is 0.476. The van der Waals surface area contributed by atoms with Crippen LogP contribution < -0.4 is 10.6 Å². The summed E-state index contributed by atoms with van der Waals surface area (Å²) >= 11 is 0. The topological polar surface area (TPSA) is 95.5 Å². The lowest BCUT2D eigenvalue weighted by atomic mass is 10.0. The Morgan fingerprint density at radius 3 is 2.46 bits per heavy atom. The van der Waals surface area contributed by atoms with Gasteiger partial charge in [-0.05, 0) is 37.0 Å². The molecule has 1 rings (SSSR count). The Bertz CT molecular complexity index is 678. The molecule has 1 aromatic rings. The van der Waals surface area contributed by atoms with Crippen LogP contribution in [0.25, 0.3) is 0 Å². The highest BCUT2D eigenvalue weighted by molar-refractivity contribution is 5.90. The third-order valence-electron chi connectivity index (χ3n) is 4.29. The highest BCUT2D eigenvalue weighted by atomic mass is 19.1. The molecule has 2 amide bonds. The molecule has 154 valence electrons. The van der Waals surface area contributed by atoms with Crippen molar-refractivity contribution in [1.82, 2.24) is 10.6 Å². The highest BCUT2D eigenvalue weighted by Gasteiger charge is 2.26. The third-order valence-corrected chi connectivity index (χ3v) is 4.29. The molecule has 0 aliphatic rings. The summed E-state index contributed by atoms with van der Waals surface area (Å²) in [5.41, 5.74) is 0.531. The second kappa shape index (κ2) is 12.6. The molecule has 6 nitrogen and oxygen atoms in total. The zero-order valence-corrected chi connectivity index (χ0v) is 16.2. The number of hydrogen-bond donors (Lipinski definition) is 3. The van der Waals surface area contributed by atoms with Crippen LogP contribution in [0.3, 0.4) is 0 Å². The van der Waals surface area contributed by atoms with Crippen molar-refractivity contribution in [2.24, 2.45) is 0 Å². The van der Waals surface area contributed by atoms with Gasteiger partial charge in [0.1, 0.15) is 17.9 Å². The Morgan fingerprint density at radius 1 is 1.14 bits per heavy atom. The summed E-state index contributed by atoms with van der Waals surface area (Å²) in [5, 5.41) is 14.4. The van der Waals surface area contributed by atoms with Gasteiger partial charge in [-0.15, -0.1) is 6.58 Å². The van der Waals surface area contributed by atoms with E-state index in [2.05, 4.69) is 17.2 Å². The van der Waals surface area contributed by atoms with E-state index in [4.69, 9.17) is 0 Å². The number of carbonyl (C=O) groups is 3. The number of aliphatic carboxylic acids is 1. The molecule has 0 spiro atoms. The van der Waals surface area contributed by atoms with E-state index in [1.54, 1.807) is 6.07 Å². The van der Waals surface area contributed by atoms with Crippen molar-refractivity contribution in [1.29, 1.82) is 0 Å². The lowest BCUT2D eigenvalue weighted by Gasteiger charge is -2.21. The van der Waals surface area contributed by atoms with Crippen LogP contribution in [0.4, 0.5) is 4.39 Å². The smallest absolute Gasteiger partial charge is 0.326 e. The lowest BCUT2D eigenvalue weighted by Crippen LogP contribution is -2.52. The van der Waals surface area contributed by atoms with E-state index in [0.29, 0.717) is 18.4 Å². The zero-order valence-electron chi connectivity index (χ0n) is 16.2. The van der Waals surface area contributed by atoms with Gasteiger partial charge in [-0.2, -0.15) is 0 Å². The molecule has 2 atom stereocenters. The van der Waals surface area contributed by atoms with Crippen LogP contribution in [-0.4, -0.2) is 35.0 Å².